The summed E-state index contributed by atoms with van der Waals surface area (Å²) in [6.45, 7) is 2.12. The number of hydrogen-bond acceptors (Lipinski definition) is 8. The van der Waals surface area contributed by atoms with Crippen molar-refractivity contribution < 1.29 is 26.9 Å². The van der Waals surface area contributed by atoms with Crippen LogP contribution < -0.4 is 19.0 Å². The average molecular weight is 556 g/mol. The van der Waals surface area contributed by atoms with Crippen LogP contribution in [0.25, 0.3) is 10.9 Å². The second-order valence-electron chi connectivity index (χ2n) is 7.70. The lowest BCUT2D eigenvalue weighted by atomic mass is 10.2. The van der Waals surface area contributed by atoms with Gasteiger partial charge in [0.05, 0.1) is 0 Å². The highest BCUT2D eigenvalue weighted by atomic mass is 79.9. The molecule has 0 saturated heterocycles. The fourth-order valence-electron chi connectivity index (χ4n) is 3.49. The van der Waals surface area contributed by atoms with Crippen LogP contribution >= 0.6 is 15.9 Å². The number of carbonyl (C=O) groups excluding carboxylic acids is 1. The molecular formula is C24H18BrN3O6S. The van der Waals surface area contributed by atoms with Crippen molar-refractivity contribution in [1.82, 2.24) is 15.3 Å². The number of rotatable bonds is 6. The van der Waals surface area contributed by atoms with Crippen LogP contribution in [0.5, 0.6) is 17.2 Å². The molecule has 9 nitrogen and oxygen atoms in total. The van der Waals surface area contributed by atoms with E-state index in [4.69, 9.17) is 13.7 Å². The summed E-state index contributed by atoms with van der Waals surface area (Å²) in [5, 5.41) is 3.24. The number of pyridine rings is 2. The van der Waals surface area contributed by atoms with E-state index in [0.717, 1.165) is 11.1 Å². The van der Waals surface area contributed by atoms with Gasteiger partial charge in [-0.15, -0.1) is 0 Å². The number of nitrogens with one attached hydrogen (secondary N) is 1. The number of hydrogen-bond donors (Lipinski definition) is 1. The van der Waals surface area contributed by atoms with Gasteiger partial charge in [0.1, 0.15) is 15.0 Å². The molecule has 0 unspecified atom stereocenters. The van der Waals surface area contributed by atoms with Crippen LogP contribution in [0.3, 0.4) is 0 Å². The van der Waals surface area contributed by atoms with Gasteiger partial charge in [0.15, 0.2) is 17.2 Å². The van der Waals surface area contributed by atoms with Crippen LogP contribution in [0.15, 0.2) is 70.3 Å². The van der Waals surface area contributed by atoms with E-state index in [-0.39, 0.29) is 35.2 Å². The Labute approximate surface area is 209 Å². The highest BCUT2D eigenvalue weighted by molar-refractivity contribution is 9.10. The molecule has 1 amide bonds. The Morgan fingerprint density at radius 2 is 1.89 bits per heavy atom. The summed E-state index contributed by atoms with van der Waals surface area (Å²) in [6.07, 6.45) is 1.48. The molecule has 178 valence electrons. The number of ether oxygens (including phenoxy) is 2. The lowest BCUT2D eigenvalue weighted by Gasteiger charge is -2.14. The molecule has 3 heterocycles. The highest BCUT2D eigenvalue weighted by Crippen LogP contribution is 2.34. The van der Waals surface area contributed by atoms with Gasteiger partial charge in [0.25, 0.3) is 5.91 Å². The van der Waals surface area contributed by atoms with Crippen LogP contribution in [-0.2, 0) is 16.7 Å². The van der Waals surface area contributed by atoms with Gasteiger partial charge in [-0.1, -0.05) is 23.8 Å². The van der Waals surface area contributed by atoms with Gasteiger partial charge in [-0.25, -0.2) is 4.98 Å². The summed E-state index contributed by atoms with van der Waals surface area (Å²) in [5.41, 5.74) is 1.61. The number of amides is 1. The van der Waals surface area contributed by atoms with Gasteiger partial charge in [0.2, 0.25) is 12.5 Å². The molecule has 5 rings (SSSR count). The Hall–Kier alpha value is -3.70. The minimum absolute atomic E-state index is 0.0539. The second-order valence-corrected chi connectivity index (χ2v) is 10.00. The molecule has 0 radical (unpaired) electrons. The zero-order valence-electron chi connectivity index (χ0n) is 18.3. The van der Waals surface area contributed by atoms with E-state index < -0.39 is 16.0 Å². The first-order valence-electron chi connectivity index (χ1n) is 10.4. The normalized spacial score (nSPS) is 12.5. The molecule has 11 heteroatoms. The number of aromatic nitrogens is 2. The fourth-order valence-corrected chi connectivity index (χ4v) is 4.93. The summed E-state index contributed by atoms with van der Waals surface area (Å²) in [7, 11) is -4.27. The van der Waals surface area contributed by atoms with Crippen molar-refractivity contribution in [3.8, 4) is 17.2 Å². The summed E-state index contributed by atoms with van der Waals surface area (Å²) in [4.78, 5) is 21.7. The topological polar surface area (TPSA) is 117 Å². The predicted octanol–water partition coefficient (Wildman–Crippen LogP) is 4.13. The Kier molecular flexibility index (Phi) is 6.03. The van der Waals surface area contributed by atoms with E-state index in [1.165, 1.54) is 18.3 Å². The molecule has 1 aliphatic rings. The zero-order valence-corrected chi connectivity index (χ0v) is 20.7. The first-order chi connectivity index (χ1) is 16.8. The first-order valence-corrected chi connectivity index (χ1v) is 12.6. The zero-order chi connectivity index (χ0) is 24.6. The fraction of sp³-hybridized carbons (Fsp3) is 0.125. The van der Waals surface area contributed by atoms with Gasteiger partial charge >= 0.3 is 10.1 Å². The number of carbonyl (C=O) groups is 1. The number of nitrogens with zero attached hydrogens (tertiary/aromatic N) is 2. The molecular weight excluding hydrogens is 538 g/mol. The minimum atomic E-state index is -4.27. The quantitative estimate of drug-likeness (QED) is 0.279. The lowest BCUT2D eigenvalue weighted by Crippen LogP contribution is -2.25. The van der Waals surface area contributed by atoms with Crippen molar-refractivity contribution in [2.24, 2.45) is 0 Å². The summed E-state index contributed by atoms with van der Waals surface area (Å²) >= 11 is 3.35. The number of aryl methyl sites for hydroxylation is 1. The molecule has 0 aliphatic carbocycles. The van der Waals surface area contributed by atoms with Crippen molar-refractivity contribution in [1.29, 1.82) is 0 Å². The molecule has 0 spiro atoms. The number of benzene rings is 2. The van der Waals surface area contributed by atoms with Crippen molar-refractivity contribution in [2.75, 3.05) is 6.79 Å². The molecule has 4 aromatic rings. The van der Waals surface area contributed by atoms with Gasteiger partial charge < -0.3 is 19.0 Å². The second kappa shape index (κ2) is 9.16. The maximum absolute atomic E-state index is 13.2. The van der Waals surface area contributed by atoms with Crippen LogP contribution in [0.1, 0.15) is 21.6 Å². The molecule has 2 aromatic carbocycles. The molecule has 0 atom stereocenters. The molecule has 1 aliphatic heterocycles. The van der Waals surface area contributed by atoms with Gasteiger partial charge in [0, 0.05) is 18.1 Å². The molecule has 2 aromatic heterocycles. The van der Waals surface area contributed by atoms with E-state index in [1.54, 1.807) is 42.5 Å². The van der Waals surface area contributed by atoms with Crippen LogP contribution in [-0.4, -0.2) is 31.1 Å². The van der Waals surface area contributed by atoms with Crippen molar-refractivity contribution >= 4 is 42.9 Å². The number of halogens is 1. The van der Waals surface area contributed by atoms with E-state index in [1.807, 2.05) is 6.92 Å². The average Bonchev–Trinajstić information content (AvgIpc) is 3.32. The molecule has 0 saturated carbocycles. The Bertz CT molecular complexity index is 1560. The van der Waals surface area contributed by atoms with E-state index in [2.05, 4.69) is 31.2 Å². The Morgan fingerprint density at radius 3 is 2.69 bits per heavy atom. The van der Waals surface area contributed by atoms with Crippen molar-refractivity contribution in [3.05, 3.63) is 82.2 Å². The molecule has 35 heavy (non-hydrogen) atoms. The third kappa shape index (κ3) is 4.64. The van der Waals surface area contributed by atoms with Gasteiger partial charge in [-0.05, 0) is 64.8 Å². The summed E-state index contributed by atoms with van der Waals surface area (Å²) < 4.78 is 42.6. The summed E-state index contributed by atoms with van der Waals surface area (Å²) in [5.74, 6) is 0.321. The maximum atomic E-state index is 13.2. The third-order valence-corrected chi connectivity index (χ3v) is 7.12. The lowest BCUT2D eigenvalue weighted by molar-refractivity contribution is 0.0944. The SMILES string of the molecule is Cc1ccc(S(=O)(=O)Oc2c(C(=O)NCc3ccc4c(c3)OCO4)nc(Br)c3cccnc23)cc1. The highest BCUT2D eigenvalue weighted by Gasteiger charge is 2.27. The minimum Gasteiger partial charge on any atom is -0.454 e. The van der Waals surface area contributed by atoms with E-state index >= 15 is 0 Å². The largest absolute Gasteiger partial charge is 0.454 e. The van der Waals surface area contributed by atoms with Crippen LogP contribution in [0.2, 0.25) is 0 Å². The van der Waals surface area contributed by atoms with Crippen molar-refractivity contribution in [2.45, 2.75) is 18.4 Å². The van der Waals surface area contributed by atoms with E-state index in [9.17, 15) is 13.2 Å². The predicted molar refractivity (Wildman–Crippen MR) is 130 cm³/mol. The Morgan fingerprint density at radius 1 is 1.11 bits per heavy atom. The van der Waals surface area contributed by atoms with Crippen LogP contribution in [0.4, 0.5) is 0 Å². The van der Waals surface area contributed by atoms with E-state index in [0.29, 0.717) is 21.5 Å². The standard InChI is InChI=1S/C24H18BrN3O6S/c1-14-4-7-16(8-5-14)35(30,31)34-22-20-17(3-2-10-26-20)23(25)28-21(22)24(29)27-12-15-6-9-18-19(11-15)33-13-32-18/h2-11H,12-13H2,1H3,(H,27,29). The Balaban J connectivity index is 1.50. The number of fused-ring (bicyclic) bond motifs is 2. The smallest absolute Gasteiger partial charge is 0.339 e. The molecule has 1 N–H and O–H groups in total. The van der Waals surface area contributed by atoms with Gasteiger partial charge in [-0.3, -0.25) is 9.78 Å². The van der Waals surface area contributed by atoms with Crippen LogP contribution in [0, 0.1) is 6.92 Å². The maximum Gasteiger partial charge on any atom is 0.339 e. The van der Waals surface area contributed by atoms with Crippen molar-refractivity contribution in [3.63, 3.8) is 0 Å². The molecule has 0 fully saturated rings. The monoisotopic (exact) mass is 555 g/mol. The summed E-state index contributed by atoms with van der Waals surface area (Å²) in [6, 6.07) is 14.9. The first kappa shape index (κ1) is 23.1. The molecule has 0 bridgehead atoms. The van der Waals surface area contributed by atoms with Gasteiger partial charge in [-0.2, -0.15) is 8.42 Å². The third-order valence-electron chi connectivity index (χ3n) is 5.28.